The van der Waals surface area contributed by atoms with Crippen molar-refractivity contribution >= 4 is 12.4 Å². The molecule has 1 atom stereocenters. The van der Waals surface area contributed by atoms with Crippen molar-refractivity contribution in [3.8, 4) is 0 Å². The zero-order chi connectivity index (χ0) is 7.40. The fraction of sp³-hybridized carbons (Fsp3) is 1.00. The van der Waals surface area contributed by atoms with Crippen molar-refractivity contribution < 1.29 is 0 Å². The second-order valence-corrected chi connectivity index (χ2v) is 3.41. The second kappa shape index (κ2) is 5.81. The standard InChI is InChI=1S/C8H18N2.ClH/c1-10(2)7-8-5-3-4-6-9-8;/h8-9H,3-7H2,1-2H3;1H. The summed E-state index contributed by atoms with van der Waals surface area (Å²) in [7, 11) is 4.27. The van der Waals surface area contributed by atoms with Gasteiger partial charge in [0.2, 0.25) is 0 Å². The molecule has 1 fully saturated rings. The normalized spacial score (nSPS) is 24.8. The molecule has 0 bridgehead atoms. The first-order valence-electron chi connectivity index (χ1n) is 4.17. The van der Waals surface area contributed by atoms with Crippen LogP contribution in [0.5, 0.6) is 0 Å². The molecule has 1 N–H and O–H groups in total. The third kappa shape index (κ3) is 4.62. The summed E-state index contributed by atoms with van der Waals surface area (Å²) in [5, 5.41) is 3.51. The van der Waals surface area contributed by atoms with Crippen molar-refractivity contribution in [3.63, 3.8) is 0 Å². The third-order valence-electron chi connectivity index (χ3n) is 2.00. The van der Waals surface area contributed by atoms with Gasteiger partial charge in [-0.25, -0.2) is 0 Å². The van der Waals surface area contributed by atoms with Gasteiger partial charge >= 0.3 is 0 Å². The van der Waals surface area contributed by atoms with Crippen LogP contribution < -0.4 is 5.32 Å². The summed E-state index contributed by atoms with van der Waals surface area (Å²) in [4.78, 5) is 2.25. The molecule has 0 aromatic rings. The molecule has 1 rings (SSSR count). The molecule has 0 aromatic carbocycles. The largest absolute Gasteiger partial charge is 0.313 e. The molecule has 68 valence electrons. The van der Waals surface area contributed by atoms with Crippen LogP contribution in [0.2, 0.25) is 0 Å². The van der Waals surface area contributed by atoms with Crippen molar-refractivity contribution in [2.75, 3.05) is 27.2 Å². The van der Waals surface area contributed by atoms with E-state index >= 15 is 0 Å². The molecule has 1 heterocycles. The summed E-state index contributed by atoms with van der Waals surface area (Å²) in [5.74, 6) is 0. The van der Waals surface area contributed by atoms with Gasteiger partial charge in [0.25, 0.3) is 0 Å². The first kappa shape index (κ1) is 11.2. The Balaban J connectivity index is 0.000001000. The van der Waals surface area contributed by atoms with E-state index < -0.39 is 0 Å². The van der Waals surface area contributed by atoms with Gasteiger partial charge in [-0.1, -0.05) is 6.42 Å². The molecular weight excluding hydrogens is 160 g/mol. The van der Waals surface area contributed by atoms with Gasteiger partial charge < -0.3 is 10.2 Å². The molecule has 1 unspecified atom stereocenters. The number of hydrogen-bond donors (Lipinski definition) is 1. The summed E-state index contributed by atoms with van der Waals surface area (Å²) >= 11 is 0. The highest BCUT2D eigenvalue weighted by Gasteiger charge is 2.11. The summed E-state index contributed by atoms with van der Waals surface area (Å²) in [6, 6.07) is 0.753. The number of nitrogens with one attached hydrogen (secondary N) is 1. The monoisotopic (exact) mass is 178 g/mol. The summed E-state index contributed by atoms with van der Waals surface area (Å²) in [5.41, 5.74) is 0. The first-order chi connectivity index (χ1) is 4.79. The summed E-state index contributed by atoms with van der Waals surface area (Å²) in [6.45, 7) is 2.42. The third-order valence-corrected chi connectivity index (χ3v) is 2.00. The fourth-order valence-corrected chi connectivity index (χ4v) is 1.52. The molecule has 3 heteroatoms. The van der Waals surface area contributed by atoms with E-state index in [4.69, 9.17) is 0 Å². The second-order valence-electron chi connectivity index (χ2n) is 3.41. The van der Waals surface area contributed by atoms with Crippen LogP contribution >= 0.6 is 12.4 Å². The van der Waals surface area contributed by atoms with Gasteiger partial charge in [0.05, 0.1) is 0 Å². The van der Waals surface area contributed by atoms with Crippen LogP contribution in [0.1, 0.15) is 19.3 Å². The Hall–Kier alpha value is 0.210. The maximum absolute atomic E-state index is 3.51. The Kier molecular flexibility index (Phi) is 5.92. The Bertz CT molecular complexity index is 90.1. The van der Waals surface area contributed by atoms with Crippen molar-refractivity contribution in [1.29, 1.82) is 0 Å². The van der Waals surface area contributed by atoms with Crippen LogP contribution in [-0.2, 0) is 0 Å². The molecule has 1 aliphatic rings. The maximum Gasteiger partial charge on any atom is 0.0194 e. The predicted octanol–water partition coefficient (Wildman–Crippen LogP) is 1.11. The fourth-order valence-electron chi connectivity index (χ4n) is 1.52. The van der Waals surface area contributed by atoms with Gasteiger partial charge in [0, 0.05) is 12.6 Å². The van der Waals surface area contributed by atoms with E-state index in [0.29, 0.717) is 0 Å². The van der Waals surface area contributed by atoms with Gasteiger partial charge in [0.1, 0.15) is 0 Å². The van der Waals surface area contributed by atoms with E-state index in [1.54, 1.807) is 0 Å². The Morgan fingerprint density at radius 2 is 2.09 bits per heavy atom. The quantitative estimate of drug-likeness (QED) is 0.682. The highest BCUT2D eigenvalue weighted by molar-refractivity contribution is 5.85. The number of halogens is 1. The van der Waals surface area contributed by atoms with E-state index in [-0.39, 0.29) is 12.4 Å². The van der Waals surface area contributed by atoms with E-state index in [0.717, 1.165) is 6.04 Å². The van der Waals surface area contributed by atoms with Gasteiger partial charge in [-0.2, -0.15) is 0 Å². The molecule has 1 saturated heterocycles. The Labute approximate surface area is 75.8 Å². The topological polar surface area (TPSA) is 15.3 Å². The zero-order valence-electron chi connectivity index (χ0n) is 7.47. The molecule has 0 radical (unpaired) electrons. The average Bonchev–Trinajstić information content (AvgIpc) is 1.88. The smallest absolute Gasteiger partial charge is 0.0194 e. The lowest BCUT2D eigenvalue weighted by Crippen LogP contribution is -2.41. The average molecular weight is 179 g/mol. The number of nitrogens with zero attached hydrogens (tertiary/aromatic N) is 1. The van der Waals surface area contributed by atoms with Gasteiger partial charge in [-0.3, -0.25) is 0 Å². The van der Waals surface area contributed by atoms with E-state index in [9.17, 15) is 0 Å². The van der Waals surface area contributed by atoms with E-state index in [1.807, 2.05) is 0 Å². The van der Waals surface area contributed by atoms with Gasteiger partial charge in [-0.05, 0) is 33.5 Å². The number of piperidine rings is 1. The van der Waals surface area contributed by atoms with E-state index in [1.165, 1.54) is 32.4 Å². The summed E-state index contributed by atoms with van der Waals surface area (Å²) < 4.78 is 0. The minimum Gasteiger partial charge on any atom is -0.313 e. The van der Waals surface area contributed by atoms with Crippen LogP contribution in [-0.4, -0.2) is 38.1 Å². The predicted molar refractivity (Wildman–Crippen MR) is 51.4 cm³/mol. The molecule has 0 aliphatic carbocycles. The van der Waals surface area contributed by atoms with Crippen molar-refractivity contribution in [1.82, 2.24) is 10.2 Å². The lowest BCUT2D eigenvalue weighted by atomic mass is 10.1. The van der Waals surface area contributed by atoms with Gasteiger partial charge in [-0.15, -0.1) is 12.4 Å². The minimum absolute atomic E-state index is 0. The molecule has 1 aliphatic heterocycles. The number of hydrogen-bond acceptors (Lipinski definition) is 2. The summed E-state index contributed by atoms with van der Waals surface area (Å²) in [6.07, 6.45) is 4.13. The van der Waals surface area contributed by atoms with Crippen LogP contribution in [0.15, 0.2) is 0 Å². The molecule has 0 spiro atoms. The molecule has 2 nitrogen and oxygen atoms in total. The van der Waals surface area contributed by atoms with Crippen LogP contribution in [0.3, 0.4) is 0 Å². The Morgan fingerprint density at radius 3 is 2.55 bits per heavy atom. The lowest BCUT2D eigenvalue weighted by molar-refractivity contribution is 0.298. The Morgan fingerprint density at radius 1 is 1.36 bits per heavy atom. The first-order valence-corrected chi connectivity index (χ1v) is 4.17. The van der Waals surface area contributed by atoms with Gasteiger partial charge in [0.15, 0.2) is 0 Å². The van der Waals surface area contributed by atoms with Crippen molar-refractivity contribution in [3.05, 3.63) is 0 Å². The van der Waals surface area contributed by atoms with Crippen molar-refractivity contribution in [2.45, 2.75) is 25.3 Å². The SMILES string of the molecule is CN(C)CC1CCCCN1.Cl. The highest BCUT2D eigenvalue weighted by Crippen LogP contribution is 2.06. The van der Waals surface area contributed by atoms with Crippen LogP contribution in [0, 0.1) is 0 Å². The lowest BCUT2D eigenvalue weighted by Gasteiger charge is -2.25. The molecule has 0 saturated carbocycles. The van der Waals surface area contributed by atoms with Crippen LogP contribution in [0.25, 0.3) is 0 Å². The minimum atomic E-state index is 0. The zero-order valence-corrected chi connectivity index (χ0v) is 8.28. The highest BCUT2D eigenvalue weighted by atomic mass is 35.5. The van der Waals surface area contributed by atoms with Crippen molar-refractivity contribution in [2.24, 2.45) is 0 Å². The molecular formula is C8H19ClN2. The maximum atomic E-state index is 3.51. The number of likely N-dealkylation sites (N-methyl/N-ethyl adjacent to an activating group) is 1. The molecule has 0 aromatic heterocycles. The van der Waals surface area contributed by atoms with E-state index in [2.05, 4.69) is 24.3 Å². The number of rotatable bonds is 2. The molecule has 0 amide bonds. The molecule has 11 heavy (non-hydrogen) atoms. The van der Waals surface area contributed by atoms with Crippen LogP contribution in [0.4, 0.5) is 0 Å².